The number of nitrogens with zero attached hydrogens (tertiary/aromatic N) is 2. The number of ether oxygens (including phenoxy) is 3. The Morgan fingerprint density at radius 3 is 2.44 bits per heavy atom. The van der Waals surface area contributed by atoms with Gasteiger partial charge in [0, 0.05) is 36.8 Å². The van der Waals surface area contributed by atoms with E-state index < -0.39 is 17.7 Å². The Balaban J connectivity index is 1.72. The monoisotopic (exact) mass is 556 g/mol. The second-order valence-electron chi connectivity index (χ2n) is 9.65. The van der Waals surface area contributed by atoms with Crippen LogP contribution in [0.2, 0.25) is 5.02 Å². The number of carbonyl (C=O) groups is 2. The number of unbranched alkanes of at least 4 members (excludes halogenated alkanes) is 2. The van der Waals surface area contributed by atoms with Crippen molar-refractivity contribution in [3.63, 3.8) is 0 Å². The summed E-state index contributed by atoms with van der Waals surface area (Å²) >= 11 is 6.04. The second kappa shape index (κ2) is 13.8. The number of Topliss-reactive ketones (excluding diaryl/α,β-unsaturated/α-hetero) is 1. The minimum Gasteiger partial charge on any atom is -0.507 e. The van der Waals surface area contributed by atoms with Crippen LogP contribution in [0.1, 0.15) is 50.3 Å². The van der Waals surface area contributed by atoms with E-state index in [1.807, 2.05) is 25.1 Å². The highest BCUT2D eigenvalue weighted by molar-refractivity contribution is 6.46. The quantitative estimate of drug-likeness (QED) is 0.169. The first-order chi connectivity index (χ1) is 18.9. The molecule has 0 spiro atoms. The highest BCUT2D eigenvalue weighted by atomic mass is 35.5. The lowest BCUT2D eigenvalue weighted by Crippen LogP contribution is -2.42. The molecule has 8 nitrogen and oxygen atoms in total. The molecule has 0 aliphatic carbocycles. The number of morpholine rings is 1. The predicted octanol–water partition coefficient (Wildman–Crippen LogP) is 5.06. The maximum absolute atomic E-state index is 13.4. The molecule has 1 amide bonds. The molecule has 2 heterocycles. The van der Waals surface area contributed by atoms with Crippen LogP contribution in [0.4, 0.5) is 0 Å². The first-order valence-corrected chi connectivity index (χ1v) is 14.1. The van der Waals surface area contributed by atoms with E-state index in [0.717, 1.165) is 32.4 Å². The Hall–Kier alpha value is -3.07. The van der Waals surface area contributed by atoms with Crippen molar-refractivity contribution in [3.05, 3.63) is 64.2 Å². The average Bonchev–Trinajstić information content (AvgIpc) is 3.20. The average molecular weight is 557 g/mol. The summed E-state index contributed by atoms with van der Waals surface area (Å²) in [5.41, 5.74) is 1.12. The van der Waals surface area contributed by atoms with E-state index in [9.17, 15) is 14.7 Å². The Bertz CT molecular complexity index is 1180. The molecule has 0 radical (unpaired) electrons. The number of benzene rings is 2. The standard InChI is InChI=1S/C30H37ClN2O6/c1-3-5-6-17-39-24-12-9-22(20-25(24)38-4-2)27-26(28(34)21-7-10-23(31)11-8-21)29(35)30(36)33(27)14-13-32-15-18-37-19-16-32/h7-12,20,27,34H,3-6,13-19H2,1-2H3/b28-26+. The molecular weight excluding hydrogens is 520 g/mol. The van der Waals surface area contributed by atoms with E-state index in [1.54, 1.807) is 29.2 Å². The number of amides is 1. The summed E-state index contributed by atoms with van der Waals surface area (Å²) in [7, 11) is 0. The fourth-order valence-corrected chi connectivity index (χ4v) is 5.04. The van der Waals surface area contributed by atoms with E-state index in [4.69, 9.17) is 25.8 Å². The predicted molar refractivity (Wildman–Crippen MR) is 150 cm³/mol. The molecule has 2 saturated heterocycles. The third-order valence-corrected chi connectivity index (χ3v) is 7.26. The molecule has 0 saturated carbocycles. The maximum Gasteiger partial charge on any atom is 0.295 e. The number of halogens is 1. The zero-order valence-electron chi connectivity index (χ0n) is 22.7. The minimum atomic E-state index is -0.782. The minimum absolute atomic E-state index is 0.0448. The summed E-state index contributed by atoms with van der Waals surface area (Å²) in [5.74, 6) is -0.438. The van der Waals surface area contributed by atoms with Gasteiger partial charge < -0.3 is 24.2 Å². The number of aliphatic hydroxyl groups is 1. The van der Waals surface area contributed by atoms with Crippen molar-refractivity contribution in [1.82, 2.24) is 9.80 Å². The van der Waals surface area contributed by atoms with Crippen LogP contribution in [-0.2, 0) is 14.3 Å². The van der Waals surface area contributed by atoms with Crippen molar-refractivity contribution in [2.45, 2.75) is 39.2 Å². The van der Waals surface area contributed by atoms with Crippen LogP contribution in [-0.4, -0.2) is 79.2 Å². The molecule has 1 unspecified atom stereocenters. The Morgan fingerprint density at radius 1 is 1.00 bits per heavy atom. The van der Waals surface area contributed by atoms with E-state index in [2.05, 4.69) is 11.8 Å². The van der Waals surface area contributed by atoms with Crippen molar-refractivity contribution < 1.29 is 28.9 Å². The molecule has 210 valence electrons. The molecule has 39 heavy (non-hydrogen) atoms. The zero-order chi connectivity index (χ0) is 27.8. The Kier molecular flexibility index (Phi) is 10.3. The smallest absolute Gasteiger partial charge is 0.295 e. The first kappa shape index (κ1) is 28.9. The Morgan fingerprint density at radius 2 is 1.74 bits per heavy atom. The number of rotatable bonds is 12. The van der Waals surface area contributed by atoms with Gasteiger partial charge in [0.15, 0.2) is 11.5 Å². The van der Waals surface area contributed by atoms with Gasteiger partial charge >= 0.3 is 0 Å². The fourth-order valence-electron chi connectivity index (χ4n) is 4.91. The van der Waals surface area contributed by atoms with Gasteiger partial charge in [-0.05, 0) is 55.3 Å². The largest absolute Gasteiger partial charge is 0.507 e. The molecule has 2 fully saturated rings. The molecule has 2 aliphatic heterocycles. The summed E-state index contributed by atoms with van der Waals surface area (Å²) in [5, 5.41) is 11.8. The fraction of sp³-hybridized carbons (Fsp3) is 0.467. The van der Waals surface area contributed by atoms with E-state index in [-0.39, 0.29) is 11.3 Å². The molecule has 1 atom stereocenters. The van der Waals surface area contributed by atoms with Gasteiger partial charge in [0.1, 0.15) is 5.76 Å². The highest BCUT2D eigenvalue weighted by Crippen LogP contribution is 2.42. The van der Waals surface area contributed by atoms with Crippen LogP contribution < -0.4 is 9.47 Å². The van der Waals surface area contributed by atoms with Gasteiger partial charge in [0.25, 0.3) is 11.7 Å². The van der Waals surface area contributed by atoms with E-state index >= 15 is 0 Å². The highest BCUT2D eigenvalue weighted by Gasteiger charge is 2.46. The number of carbonyl (C=O) groups excluding carboxylic acids is 2. The molecule has 1 N–H and O–H groups in total. The number of hydrogen-bond acceptors (Lipinski definition) is 7. The van der Waals surface area contributed by atoms with Crippen molar-refractivity contribution in [1.29, 1.82) is 0 Å². The lowest BCUT2D eigenvalue weighted by molar-refractivity contribution is -0.140. The number of hydrogen-bond donors (Lipinski definition) is 1. The van der Waals surface area contributed by atoms with E-state index in [0.29, 0.717) is 67.2 Å². The third-order valence-electron chi connectivity index (χ3n) is 7.01. The van der Waals surface area contributed by atoms with Crippen molar-refractivity contribution in [3.8, 4) is 11.5 Å². The van der Waals surface area contributed by atoms with Gasteiger partial charge in [-0.25, -0.2) is 0 Å². The molecule has 0 aromatic heterocycles. The van der Waals surface area contributed by atoms with Crippen LogP contribution in [0.3, 0.4) is 0 Å². The third kappa shape index (κ3) is 6.93. The first-order valence-electron chi connectivity index (χ1n) is 13.7. The van der Waals surface area contributed by atoms with Crippen LogP contribution in [0, 0.1) is 0 Å². The van der Waals surface area contributed by atoms with Crippen LogP contribution in [0.5, 0.6) is 11.5 Å². The van der Waals surface area contributed by atoms with Gasteiger partial charge in [0.05, 0.1) is 38.0 Å². The summed E-state index contributed by atoms with van der Waals surface area (Å²) < 4.78 is 17.3. The summed E-state index contributed by atoms with van der Waals surface area (Å²) in [6.07, 6.45) is 3.11. The topological polar surface area (TPSA) is 88.5 Å². The molecule has 9 heteroatoms. The van der Waals surface area contributed by atoms with Crippen LogP contribution in [0.25, 0.3) is 5.76 Å². The summed E-state index contributed by atoms with van der Waals surface area (Å²) in [6, 6.07) is 11.2. The lowest BCUT2D eigenvalue weighted by Gasteiger charge is -2.31. The molecule has 2 aromatic rings. The molecule has 4 rings (SSSR count). The zero-order valence-corrected chi connectivity index (χ0v) is 23.4. The normalized spacial score (nSPS) is 19.5. The van der Waals surface area contributed by atoms with Crippen molar-refractivity contribution >= 4 is 29.1 Å². The van der Waals surface area contributed by atoms with Gasteiger partial charge in [-0.1, -0.05) is 37.4 Å². The van der Waals surface area contributed by atoms with Gasteiger partial charge in [-0.15, -0.1) is 0 Å². The lowest BCUT2D eigenvalue weighted by atomic mass is 9.95. The van der Waals surface area contributed by atoms with Crippen molar-refractivity contribution in [2.75, 3.05) is 52.6 Å². The van der Waals surface area contributed by atoms with Crippen LogP contribution in [0.15, 0.2) is 48.0 Å². The SMILES string of the molecule is CCCCCOc1ccc(C2/C(=C(\O)c3ccc(Cl)cc3)C(=O)C(=O)N2CCN2CCOCC2)cc1OCC. The molecule has 2 aliphatic rings. The van der Waals surface area contributed by atoms with Gasteiger partial charge in [0.2, 0.25) is 0 Å². The molecular formula is C30H37ClN2O6. The maximum atomic E-state index is 13.4. The van der Waals surface area contributed by atoms with E-state index in [1.165, 1.54) is 0 Å². The van der Waals surface area contributed by atoms with Gasteiger partial charge in [-0.2, -0.15) is 0 Å². The Labute approximate surface area is 235 Å². The van der Waals surface area contributed by atoms with Crippen molar-refractivity contribution in [2.24, 2.45) is 0 Å². The number of ketones is 1. The molecule has 2 aromatic carbocycles. The van der Waals surface area contributed by atoms with Crippen LogP contribution >= 0.6 is 11.6 Å². The second-order valence-corrected chi connectivity index (χ2v) is 10.1. The number of aliphatic hydroxyl groups excluding tert-OH is 1. The molecule has 0 bridgehead atoms. The van der Waals surface area contributed by atoms with Gasteiger partial charge in [-0.3, -0.25) is 14.5 Å². The number of likely N-dealkylation sites (tertiary alicyclic amines) is 1. The summed E-state index contributed by atoms with van der Waals surface area (Å²) in [4.78, 5) is 30.5. The summed E-state index contributed by atoms with van der Waals surface area (Å²) in [6.45, 7) is 8.74.